The van der Waals surface area contributed by atoms with Crippen molar-refractivity contribution in [2.45, 2.75) is 13.5 Å². The molecule has 0 fully saturated rings. The van der Waals surface area contributed by atoms with Gasteiger partial charge in [0.1, 0.15) is 11.5 Å². The summed E-state index contributed by atoms with van der Waals surface area (Å²) in [4.78, 5) is 0. The normalized spacial score (nSPS) is 10.4. The van der Waals surface area contributed by atoms with Crippen LogP contribution in [0, 0.1) is 6.92 Å². The molecule has 2 aromatic rings. The lowest BCUT2D eigenvalue weighted by Gasteiger charge is -2.12. The number of hydrogen-bond acceptors (Lipinski definition) is 2. The van der Waals surface area contributed by atoms with Crippen LogP contribution in [0.3, 0.4) is 0 Å². The number of rotatable bonds is 4. The van der Waals surface area contributed by atoms with Crippen LogP contribution in [0.5, 0.6) is 11.5 Å². The lowest BCUT2D eigenvalue weighted by Crippen LogP contribution is -2.06. The summed E-state index contributed by atoms with van der Waals surface area (Å²) in [5.74, 6) is 1.75. The molecule has 0 radical (unpaired) electrons. The van der Waals surface area contributed by atoms with Crippen molar-refractivity contribution in [2.75, 3.05) is 7.05 Å². The average molecular weight is 306 g/mol. The van der Waals surface area contributed by atoms with Crippen LogP contribution in [-0.2, 0) is 6.54 Å². The van der Waals surface area contributed by atoms with Crippen LogP contribution in [-0.4, -0.2) is 7.05 Å². The molecule has 0 saturated heterocycles. The van der Waals surface area contributed by atoms with Gasteiger partial charge in [-0.2, -0.15) is 0 Å². The SMILES string of the molecule is CNCc1ccc(Br)cc1Oc1cccc(C)c1. The quantitative estimate of drug-likeness (QED) is 0.911. The van der Waals surface area contributed by atoms with Gasteiger partial charge in [-0.1, -0.05) is 34.1 Å². The summed E-state index contributed by atoms with van der Waals surface area (Å²) in [6.07, 6.45) is 0. The number of benzene rings is 2. The molecule has 2 nitrogen and oxygen atoms in total. The second-order valence-electron chi connectivity index (χ2n) is 4.20. The molecule has 2 aromatic carbocycles. The predicted octanol–water partition coefficient (Wildman–Crippen LogP) is 4.27. The summed E-state index contributed by atoms with van der Waals surface area (Å²) in [6.45, 7) is 2.84. The summed E-state index contributed by atoms with van der Waals surface area (Å²) >= 11 is 3.47. The first-order chi connectivity index (χ1) is 8.69. The van der Waals surface area contributed by atoms with Gasteiger partial charge in [-0.25, -0.2) is 0 Å². The third-order valence-corrected chi connectivity index (χ3v) is 3.11. The van der Waals surface area contributed by atoms with E-state index in [1.54, 1.807) is 0 Å². The highest BCUT2D eigenvalue weighted by atomic mass is 79.9. The fraction of sp³-hybridized carbons (Fsp3) is 0.200. The lowest BCUT2D eigenvalue weighted by molar-refractivity contribution is 0.473. The van der Waals surface area contributed by atoms with Crippen molar-refractivity contribution >= 4 is 15.9 Å². The zero-order valence-corrected chi connectivity index (χ0v) is 12.1. The van der Waals surface area contributed by atoms with Gasteiger partial charge in [0, 0.05) is 16.6 Å². The molecule has 0 aliphatic heterocycles. The lowest BCUT2D eigenvalue weighted by atomic mass is 10.2. The first-order valence-electron chi connectivity index (χ1n) is 5.86. The maximum atomic E-state index is 5.95. The Morgan fingerprint density at radius 2 is 2.00 bits per heavy atom. The van der Waals surface area contributed by atoms with Crippen LogP contribution in [0.4, 0.5) is 0 Å². The molecule has 0 aromatic heterocycles. The maximum Gasteiger partial charge on any atom is 0.133 e. The van der Waals surface area contributed by atoms with Crippen molar-refractivity contribution < 1.29 is 4.74 Å². The van der Waals surface area contributed by atoms with Gasteiger partial charge in [0.25, 0.3) is 0 Å². The van der Waals surface area contributed by atoms with Crippen molar-refractivity contribution in [3.05, 3.63) is 58.1 Å². The van der Waals surface area contributed by atoms with E-state index in [-0.39, 0.29) is 0 Å². The highest BCUT2D eigenvalue weighted by molar-refractivity contribution is 9.10. The zero-order chi connectivity index (χ0) is 13.0. The predicted molar refractivity (Wildman–Crippen MR) is 78.2 cm³/mol. The van der Waals surface area contributed by atoms with E-state index in [1.807, 2.05) is 37.4 Å². The summed E-state index contributed by atoms with van der Waals surface area (Å²) in [5.41, 5.74) is 2.33. The number of nitrogens with one attached hydrogen (secondary N) is 1. The topological polar surface area (TPSA) is 21.3 Å². The molecule has 0 unspecified atom stereocenters. The number of ether oxygens (including phenoxy) is 1. The Morgan fingerprint density at radius 1 is 1.17 bits per heavy atom. The molecule has 0 spiro atoms. The Hall–Kier alpha value is -1.32. The van der Waals surface area contributed by atoms with Crippen LogP contribution in [0.1, 0.15) is 11.1 Å². The molecule has 0 bridgehead atoms. The highest BCUT2D eigenvalue weighted by Gasteiger charge is 2.05. The number of halogens is 1. The van der Waals surface area contributed by atoms with Crippen LogP contribution in [0.25, 0.3) is 0 Å². The van der Waals surface area contributed by atoms with Crippen LogP contribution < -0.4 is 10.1 Å². The van der Waals surface area contributed by atoms with E-state index in [1.165, 1.54) is 5.56 Å². The molecular weight excluding hydrogens is 290 g/mol. The smallest absolute Gasteiger partial charge is 0.133 e. The molecule has 18 heavy (non-hydrogen) atoms. The molecule has 0 heterocycles. The van der Waals surface area contributed by atoms with Crippen molar-refractivity contribution in [1.29, 1.82) is 0 Å². The Labute approximate surface area is 116 Å². The van der Waals surface area contributed by atoms with Gasteiger partial charge < -0.3 is 10.1 Å². The molecule has 3 heteroatoms. The fourth-order valence-corrected chi connectivity index (χ4v) is 2.11. The summed E-state index contributed by atoms with van der Waals surface area (Å²) in [6, 6.07) is 14.1. The van der Waals surface area contributed by atoms with Crippen molar-refractivity contribution in [3.63, 3.8) is 0 Å². The van der Waals surface area contributed by atoms with E-state index >= 15 is 0 Å². The van der Waals surface area contributed by atoms with Gasteiger partial charge >= 0.3 is 0 Å². The van der Waals surface area contributed by atoms with E-state index in [9.17, 15) is 0 Å². The largest absolute Gasteiger partial charge is 0.457 e. The standard InChI is InChI=1S/C15H16BrNO/c1-11-4-3-5-14(8-11)18-15-9-13(16)7-6-12(15)10-17-2/h3-9,17H,10H2,1-2H3. The molecule has 0 atom stereocenters. The fourth-order valence-electron chi connectivity index (χ4n) is 1.77. The first-order valence-corrected chi connectivity index (χ1v) is 6.66. The summed E-state index contributed by atoms with van der Waals surface area (Å²) in [5, 5.41) is 3.15. The average Bonchev–Trinajstić information content (AvgIpc) is 2.33. The molecule has 1 N–H and O–H groups in total. The van der Waals surface area contributed by atoms with Gasteiger partial charge in [-0.05, 0) is 43.8 Å². The zero-order valence-electron chi connectivity index (χ0n) is 10.5. The minimum atomic E-state index is 0.786. The second kappa shape index (κ2) is 6.03. The van der Waals surface area contributed by atoms with Gasteiger partial charge in [0.05, 0.1) is 0 Å². The first kappa shape index (κ1) is 13.1. The third kappa shape index (κ3) is 3.34. The minimum absolute atomic E-state index is 0.786. The van der Waals surface area contributed by atoms with E-state index in [4.69, 9.17) is 4.74 Å². The Morgan fingerprint density at radius 3 is 2.72 bits per heavy atom. The Balaban J connectivity index is 2.29. The van der Waals surface area contributed by atoms with Gasteiger partial charge in [-0.3, -0.25) is 0 Å². The van der Waals surface area contributed by atoms with Crippen LogP contribution >= 0.6 is 15.9 Å². The van der Waals surface area contributed by atoms with Gasteiger partial charge in [0.15, 0.2) is 0 Å². The summed E-state index contributed by atoms with van der Waals surface area (Å²) in [7, 11) is 1.93. The van der Waals surface area contributed by atoms with E-state index < -0.39 is 0 Å². The maximum absolute atomic E-state index is 5.95. The molecule has 94 valence electrons. The molecule has 0 amide bonds. The Kier molecular flexibility index (Phi) is 4.39. The number of aryl methyl sites for hydroxylation is 1. The molecule has 2 rings (SSSR count). The minimum Gasteiger partial charge on any atom is -0.457 e. The monoisotopic (exact) mass is 305 g/mol. The molecular formula is C15H16BrNO. The van der Waals surface area contributed by atoms with Crippen LogP contribution in [0.15, 0.2) is 46.9 Å². The molecule has 0 saturated carbocycles. The second-order valence-corrected chi connectivity index (χ2v) is 5.12. The van der Waals surface area contributed by atoms with Crippen LogP contribution in [0.2, 0.25) is 0 Å². The number of hydrogen-bond donors (Lipinski definition) is 1. The van der Waals surface area contributed by atoms with Crippen molar-refractivity contribution in [3.8, 4) is 11.5 Å². The van der Waals surface area contributed by atoms with E-state index in [0.717, 1.165) is 28.1 Å². The van der Waals surface area contributed by atoms with Crippen molar-refractivity contribution in [1.82, 2.24) is 5.32 Å². The molecule has 0 aliphatic rings. The van der Waals surface area contributed by atoms with Gasteiger partial charge in [-0.15, -0.1) is 0 Å². The molecule has 0 aliphatic carbocycles. The van der Waals surface area contributed by atoms with E-state index in [0.29, 0.717) is 0 Å². The van der Waals surface area contributed by atoms with E-state index in [2.05, 4.69) is 40.3 Å². The highest BCUT2D eigenvalue weighted by Crippen LogP contribution is 2.29. The van der Waals surface area contributed by atoms with Gasteiger partial charge in [0.2, 0.25) is 0 Å². The van der Waals surface area contributed by atoms with Crippen molar-refractivity contribution in [2.24, 2.45) is 0 Å². The Bertz CT molecular complexity index is 540. The third-order valence-electron chi connectivity index (χ3n) is 2.61. The summed E-state index contributed by atoms with van der Waals surface area (Å²) < 4.78 is 6.97.